The molecule has 0 fully saturated rings. The average molecular weight is 350 g/mol. The molecule has 2 aromatic rings. The Bertz CT molecular complexity index is 752. The summed E-state index contributed by atoms with van der Waals surface area (Å²) >= 11 is 0. The molecule has 0 spiro atoms. The lowest BCUT2D eigenvalue weighted by atomic mass is 10.2. The molecule has 0 aliphatic heterocycles. The van der Waals surface area contributed by atoms with Crippen LogP contribution < -0.4 is 15.2 Å². The van der Waals surface area contributed by atoms with E-state index >= 15 is 0 Å². The number of rotatable bonds is 7. The molecule has 0 heterocycles. The van der Waals surface area contributed by atoms with Crippen molar-refractivity contribution in [2.45, 2.75) is 13.5 Å². The van der Waals surface area contributed by atoms with Gasteiger partial charge in [-0.3, -0.25) is 0 Å². The predicted molar refractivity (Wildman–Crippen MR) is 86.8 cm³/mol. The summed E-state index contributed by atoms with van der Waals surface area (Å²) in [5.74, 6) is -0.974. The van der Waals surface area contributed by atoms with Gasteiger partial charge in [0.2, 0.25) is 0 Å². The molecular weight excluding hydrogens is 334 g/mol. The van der Waals surface area contributed by atoms with Crippen LogP contribution in [0, 0.1) is 0 Å². The zero-order chi connectivity index (χ0) is 18.2. The Kier molecular flexibility index (Phi) is 6.27. The molecule has 2 rings (SSSR count). The minimum absolute atomic E-state index is 0.00254. The van der Waals surface area contributed by atoms with Crippen LogP contribution in [0.25, 0.3) is 0 Å². The number of hydrogen-bond acceptors (Lipinski definition) is 5. The van der Waals surface area contributed by atoms with Crippen LogP contribution in [0.4, 0.5) is 8.78 Å². The summed E-state index contributed by atoms with van der Waals surface area (Å²) in [5.41, 5.74) is 6.36. The fourth-order valence-corrected chi connectivity index (χ4v) is 1.90. The Labute approximate surface area is 142 Å². The van der Waals surface area contributed by atoms with Crippen LogP contribution >= 0.6 is 0 Å². The molecule has 0 saturated heterocycles. The number of ether oxygens (including phenoxy) is 2. The van der Waals surface area contributed by atoms with Gasteiger partial charge in [-0.25, -0.2) is 4.79 Å². The van der Waals surface area contributed by atoms with Gasteiger partial charge in [0.1, 0.15) is 0 Å². The number of amidine groups is 1. The summed E-state index contributed by atoms with van der Waals surface area (Å²) in [4.78, 5) is 16.8. The van der Waals surface area contributed by atoms with Crippen LogP contribution in [0.1, 0.15) is 22.8 Å². The number of benzene rings is 2. The second-order valence-corrected chi connectivity index (χ2v) is 4.69. The first-order valence-electron chi connectivity index (χ1n) is 7.33. The minimum atomic E-state index is -3.01. The van der Waals surface area contributed by atoms with Crippen LogP contribution in [0.2, 0.25) is 0 Å². The van der Waals surface area contributed by atoms with E-state index in [9.17, 15) is 13.6 Å². The third kappa shape index (κ3) is 5.17. The van der Waals surface area contributed by atoms with Gasteiger partial charge in [-0.2, -0.15) is 8.78 Å². The van der Waals surface area contributed by atoms with Gasteiger partial charge in [0.05, 0.1) is 12.2 Å². The summed E-state index contributed by atoms with van der Waals surface area (Å²) in [6.45, 7) is -1.13. The number of alkyl halides is 2. The molecule has 0 bridgehead atoms. The molecule has 0 atom stereocenters. The third-order valence-corrected chi connectivity index (χ3v) is 2.99. The summed E-state index contributed by atoms with van der Waals surface area (Å²) in [6, 6.07) is 12.4. The molecule has 0 aliphatic rings. The SMILES string of the molecule is CCOc1cc(C(=O)O/N=C(\N)c2ccccc2)ccc1OC(F)F. The van der Waals surface area contributed by atoms with Crippen molar-refractivity contribution in [2.24, 2.45) is 10.9 Å². The van der Waals surface area contributed by atoms with Crippen molar-refractivity contribution in [1.29, 1.82) is 0 Å². The molecule has 25 heavy (non-hydrogen) atoms. The highest BCUT2D eigenvalue weighted by molar-refractivity contribution is 5.98. The van der Waals surface area contributed by atoms with E-state index in [1.165, 1.54) is 18.2 Å². The van der Waals surface area contributed by atoms with Gasteiger partial charge < -0.3 is 20.0 Å². The van der Waals surface area contributed by atoms with E-state index in [1.807, 2.05) is 0 Å². The van der Waals surface area contributed by atoms with Gasteiger partial charge >= 0.3 is 12.6 Å². The molecule has 2 N–H and O–H groups in total. The second kappa shape index (κ2) is 8.62. The maximum atomic E-state index is 12.4. The van der Waals surface area contributed by atoms with Crippen molar-refractivity contribution in [3.63, 3.8) is 0 Å². The Morgan fingerprint density at radius 3 is 2.48 bits per heavy atom. The molecule has 2 aromatic carbocycles. The molecule has 0 unspecified atom stereocenters. The summed E-state index contributed by atoms with van der Waals surface area (Å²) in [6.07, 6.45) is 0. The first-order chi connectivity index (χ1) is 12.0. The minimum Gasteiger partial charge on any atom is -0.490 e. The van der Waals surface area contributed by atoms with Crippen molar-refractivity contribution in [2.75, 3.05) is 6.61 Å². The first-order valence-corrected chi connectivity index (χ1v) is 7.33. The standard InChI is InChI=1S/C17H16F2N2O4/c1-2-23-14-10-12(8-9-13(14)24-17(18)19)16(22)25-21-15(20)11-6-4-3-5-7-11/h3-10,17H,2H2,1H3,(H2,20,21). The van der Waals surface area contributed by atoms with E-state index < -0.39 is 12.6 Å². The van der Waals surface area contributed by atoms with Crippen molar-refractivity contribution in [3.05, 3.63) is 59.7 Å². The smallest absolute Gasteiger partial charge is 0.387 e. The largest absolute Gasteiger partial charge is 0.490 e. The number of nitrogens with two attached hydrogens (primary N) is 1. The van der Waals surface area contributed by atoms with Gasteiger partial charge in [-0.05, 0) is 25.1 Å². The molecule has 6 nitrogen and oxygen atoms in total. The zero-order valence-electron chi connectivity index (χ0n) is 13.3. The van der Waals surface area contributed by atoms with E-state index in [4.69, 9.17) is 15.3 Å². The van der Waals surface area contributed by atoms with E-state index in [0.717, 1.165) is 0 Å². The quantitative estimate of drug-likeness (QED) is 0.359. The molecule has 0 aromatic heterocycles. The van der Waals surface area contributed by atoms with Crippen LogP contribution in [-0.2, 0) is 4.84 Å². The highest BCUT2D eigenvalue weighted by atomic mass is 19.3. The molecular formula is C17H16F2N2O4. The Morgan fingerprint density at radius 2 is 1.84 bits per heavy atom. The van der Waals surface area contributed by atoms with E-state index in [-0.39, 0.29) is 29.5 Å². The normalized spacial score (nSPS) is 11.3. The molecule has 8 heteroatoms. The van der Waals surface area contributed by atoms with Gasteiger partial charge in [0.25, 0.3) is 0 Å². The predicted octanol–water partition coefficient (Wildman–Crippen LogP) is 3.16. The van der Waals surface area contributed by atoms with Gasteiger partial charge in [-0.15, -0.1) is 0 Å². The third-order valence-electron chi connectivity index (χ3n) is 2.99. The number of oxime groups is 1. The number of hydrogen-bond donors (Lipinski definition) is 1. The molecule has 0 amide bonds. The Hall–Kier alpha value is -3.16. The van der Waals surface area contributed by atoms with Gasteiger partial charge in [-0.1, -0.05) is 35.5 Å². The van der Waals surface area contributed by atoms with Crippen molar-refractivity contribution >= 4 is 11.8 Å². The lowest BCUT2D eigenvalue weighted by Gasteiger charge is -2.11. The number of carbonyl (C=O) groups is 1. The first kappa shape index (κ1) is 18.2. The average Bonchev–Trinajstić information content (AvgIpc) is 2.61. The zero-order valence-corrected chi connectivity index (χ0v) is 13.3. The van der Waals surface area contributed by atoms with E-state index in [0.29, 0.717) is 5.56 Å². The highest BCUT2D eigenvalue weighted by Crippen LogP contribution is 2.30. The van der Waals surface area contributed by atoms with E-state index in [2.05, 4.69) is 9.89 Å². The number of halogens is 2. The van der Waals surface area contributed by atoms with Crippen LogP contribution in [0.15, 0.2) is 53.7 Å². The molecule has 0 saturated carbocycles. The maximum absolute atomic E-state index is 12.4. The number of carbonyl (C=O) groups excluding carboxylic acids is 1. The Morgan fingerprint density at radius 1 is 1.12 bits per heavy atom. The summed E-state index contributed by atoms with van der Waals surface area (Å²) < 4.78 is 34.3. The van der Waals surface area contributed by atoms with Gasteiger partial charge in [0, 0.05) is 5.56 Å². The highest BCUT2D eigenvalue weighted by Gasteiger charge is 2.16. The van der Waals surface area contributed by atoms with Gasteiger partial charge in [0.15, 0.2) is 17.3 Å². The molecule has 0 radical (unpaired) electrons. The monoisotopic (exact) mass is 350 g/mol. The maximum Gasteiger partial charge on any atom is 0.387 e. The number of nitrogens with zero attached hydrogens (tertiary/aromatic N) is 1. The van der Waals surface area contributed by atoms with Crippen molar-refractivity contribution in [1.82, 2.24) is 0 Å². The fraction of sp³-hybridized carbons (Fsp3) is 0.176. The fourth-order valence-electron chi connectivity index (χ4n) is 1.90. The second-order valence-electron chi connectivity index (χ2n) is 4.69. The topological polar surface area (TPSA) is 83.1 Å². The molecule has 0 aliphatic carbocycles. The van der Waals surface area contributed by atoms with Crippen molar-refractivity contribution < 1.29 is 27.9 Å². The Balaban J connectivity index is 2.14. The summed E-state index contributed by atoms with van der Waals surface area (Å²) in [7, 11) is 0. The van der Waals surface area contributed by atoms with Crippen LogP contribution in [-0.4, -0.2) is 25.0 Å². The molecule has 132 valence electrons. The van der Waals surface area contributed by atoms with Crippen LogP contribution in [0.3, 0.4) is 0 Å². The van der Waals surface area contributed by atoms with Crippen LogP contribution in [0.5, 0.6) is 11.5 Å². The lowest BCUT2D eigenvalue weighted by Crippen LogP contribution is -2.15. The van der Waals surface area contributed by atoms with Crippen molar-refractivity contribution in [3.8, 4) is 11.5 Å². The lowest BCUT2D eigenvalue weighted by molar-refractivity contribution is -0.0514. The van der Waals surface area contributed by atoms with E-state index in [1.54, 1.807) is 37.3 Å². The summed E-state index contributed by atoms with van der Waals surface area (Å²) in [5, 5.41) is 3.57.